The van der Waals surface area contributed by atoms with Crippen LogP contribution < -0.4 is 9.97 Å². The van der Waals surface area contributed by atoms with Gasteiger partial charge in [-0.1, -0.05) is 194 Å². The number of hydrogen-bond donors (Lipinski definition) is 0. The number of benzene rings is 16. The molecular weight excluding hydrogens is 1140 g/mol. The monoisotopic (exact) mass is 1180 g/mol. The smallest absolute Gasteiger partial charge is 0.0928 e. The van der Waals surface area contributed by atoms with Crippen LogP contribution >= 0.6 is 0 Å². The average molecular weight is 1180 g/mol. The van der Waals surface area contributed by atoms with Gasteiger partial charge >= 0.3 is 21.0 Å². The molecular formula is C80H40N8OV. The van der Waals surface area contributed by atoms with Crippen LogP contribution in [0.2, 0.25) is 0 Å². The Morgan fingerprint density at radius 1 is 0.178 bits per heavy atom. The summed E-state index contributed by atoms with van der Waals surface area (Å²) in [6.45, 7) is 0. The molecule has 5 heterocycles. The van der Waals surface area contributed by atoms with Crippen LogP contribution in [0.3, 0.4) is 0 Å². The Balaban J connectivity index is 0.00000280. The first kappa shape index (κ1) is 49.5. The van der Waals surface area contributed by atoms with Crippen molar-refractivity contribution < 1.29 is 21.0 Å². The van der Waals surface area contributed by atoms with Gasteiger partial charge in [0.1, 0.15) is 0 Å². The largest absolute Gasteiger partial charge is 0.357 e. The van der Waals surface area contributed by atoms with Crippen molar-refractivity contribution in [2.75, 3.05) is 0 Å². The van der Waals surface area contributed by atoms with Gasteiger partial charge in [-0.2, -0.15) is 0 Å². The summed E-state index contributed by atoms with van der Waals surface area (Å²) in [4.78, 5) is 44.8. The number of hydrogen-bond acceptors (Lipinski definition) is 7. The molecule has 2 aliphatic rings. The molecule has 411 valence electrons. The minimum absolute atomic E-state index is 0.503. The van der Waals surface area contributed by atoms with Crippen LogP contribution in [-0.4, -0.2) is 29.9 Å². The van der Waals surface area contributed by atoms with Gasteiger partial charge < -0.3 is 29.9 Å². The number of rotatable bonds is 0. The van der Waals surface area contributed by atoms with E-state index in [4.69, 9.17) is 43.5 Å². The fraction of sp³-hybridized carbons (Fsp3) is 0. The van der Waals surface area contributed by atoms with Crippen molar-refractivity contribution in [2.45, 2.75) is 0 Å². The molecule has 0 spiro atoms. The Labute approximate surface area is 519 Å². The van der Waals surface area contributed by atoms with Gasteiger partial charge in [0.05, 0.1) is 23.3 Å². The number of nitrogens with zero attached hydrogens (tertiary/aromatic N) is 8. The van der Waals surface area contributed by atoms with Crippen LogP contribution in [0.15, 0.2) is 243 Å². The first-order valence-corrected chi connectivity index (χ1v) is 30.6. The summed E-state index contributed by atoms with van der Waals surface area (Å²) >= 11 is 1.06. The second-order valence-corrected chi connectivity index (χ2v) is 23.6. The van der Waals surface area contributed by atoms with E-state index in [1.54, 1.807) is 0 Å². The van der Waals surface area contributed by atoms with Crippen molar-refractivity contribution in [1.82, 2.24) is 39.9 Å². The predicted molar refractivity (Wildman–Crippen MR) is 365 cm³/mol. The number of fused-ring (bicyclic) bond motifs is 44. The normalized spacial score (nSPS) is 12.3. The van der Waals surface area contributed by atoms with Gasteiger partial charge in [-0.05, 0) is 199 Å². The van der Waals surface area contributed by atoms with Crippen molar-refractivity contribution >= 4 is 173 Å². The fourth-order valence-electron chi connectivity index (χ4n) is 15.3. The zero-order valence-electron chi connectivity index (χ0n) is 47.5. The first-order chi connectivity index (χ1) is 44.6. The molecule has 9 nitrogen and oxygen atoms in total. The molecule has 0 fully saturated rings. The van der Waals surface area contributed by atoms with E-state index < -0.39 is 0 Å². The summed E-state index contributed by atoms with van der Waals surface area (Å²) in [7, 11) is 0. The van der Waals surface area contributed by atoms with Crippen LogP contribution in [0.5, 0.6) is 0 Å². The van der Waals surface area contributed by atoms with Gasteiger partial charge in [-0.3, -0.25) is 0 Å². The average Bonchev–Trinajstić information content (AvgIpc) is 1.34. The molecule has 19 aromatic rings. The minimum atomic E-state index is 0.503. The maximum atomic E-state index is 8.19. The predicted octanol–water partition coefficient (Wildman–Crippen LogP) is 19.8. The molecule has 0 N–H and O–H groups in total. The molecule has 0 atom stereocenters. The van der Waals surface area contributed by atoms with Gasteiger partial charge in [0.2, 0.25) is 0 Å². The molecule has 16 aromatic carbocycles. The second-order valence-electron chi connectivity index (χ2n) is 23.6. The Bertz CT molecular complexity index is 5940. The summed E-state index contributed by atoms with van der Waals surface area (Å²) < 4.78 is 8.19. The van der Waals surface area contributed by atoms with Crippen molar-refractivity contribution in [3.63, 3.8) is 0 Å². The molecule has 0 aliphatic carbocycles. The van der Waals surface area contributed by atoms with Gasteiger partial charge in [0.25, 0.3) is 0 Å². The van der Waals surface area contributed by atoms with E-state index in [2.05, 4.69) is 243 Å². The van der Waals surface area contributed by atoms with Gasteiger partial charge in [0, 0.05) is 44.8 Å². The van der Waals surface area contributed by atoms with E-state index in [-0.39, 0.29) is 0 Å². The molecule has 3 aromatic heterocycles. The summed E-state index contributed by atoms with van der Waals surface area (Å²) in [5.74, 6) is 2.01. The van der Waals surface area contributed by atoms with Crippen LogP contribution in [0, 0.1) is 0 Å². The third-order valence-electron chi connectivity index (χ3n) is 19.2. The Morgan fingerprint density at radius 2 is 0.322 bits per heavy atom. The third-order valence-corrected chi connectivity index (χ3v) is 19.2. The molecule has 2 aliphatic heterocycles. The van der Waals surface area contributed by atoms with Gasteiger partial charge in [-0.25, -0.2) is 9.97 Å². The molecule has 0 radical (unpaired) electrons. The van der Waals surface area contributed by atoms with E-state index >= 15 is 0 Å². The van der Waals surface area contributed by atoms with E-state index in [9.17, 15) is 0 Å². The SMILES string of the molecule is [O]=[V+2].c1ccc2c(c1)c1ccccc1c1cc3c(cc21)-c1nc-3nc2[n-]c(nc3nc(nc4[n-]c(n1)c1cc5c6ccccc6c6ccccc6c5cc41)-c1cc4c5ccccc5c5ccccc5c4cc1-3)c1cc3c4ccccc4c4ccccc4c3cc21. The standard InChI is InChI=1S/C80H40N8.O.V/c1-9-25-49-41(17-1)42-18-2-10-26-50(42)58-34-66-65(33-57(49)58)73-81-74(66)86-76-69-37-61-53-29-13-5-21-45(53)46-22-6-14-30-54(46)62(61)38-70(69)78(83-76)88-80-72-40-64-56-32-16-8-24-48(56)47-23-7-15-31-55(47)63(64)39-71(72)79(84-80)87-77-68-36-60-52-28-12-4-20-44(52)43-19-3-11-27-51(43)59(60)35-67(68)75(82-77)85-73;;/h1-40H;;/q-2;;+2. The minimum Gasteiger partial charge on any atom is -0.357 e. The summed E-state index contributed by atoms with van der Waals surface area (Å²) in [5, 5.41) is 30.9. The van der Waals surface area contributed by atoms with Gasteiger partial charge in [0.15, 0.2) is 0 Å². The first-order valence-electron chi connectivity index (χ1n) is 30.0. The van der Waals surface area contributed by atoms with Crippen molar-refractivity contribution in [3.8, 4) is 45.6 Å². The zero-order chi connectivity index (χ0) is 59.0. The maximum absolute atomic E-state index is 8.19. The summed E-state index contributed by atoms with van der Waals surface area (Å²) in [6.07, 6.45) is 0. The fourth-order valence-corrected chi connectivity index (χ4v) is 15.3. The van der Waals surface area contributed by atoms with Crippen molar-refractivity contribution in [3.05, 3.63) is 243 Å². The van der Waals surface area contributed by atoms with E-state index in [0.717, 1.165) is 147 Å². The Hall–Kier alpha value is -11.6. The van der Waals surface area contributed by atoms with E-state index in [1.165, 1.54) is 43.1 Å². The van der Waals surface area contributed by atoms with E-state index in [0.29, 0.717) is 45.9 Å². The quantitative estimate of drug-likeness (QED) is 0.137. The molecule has 10 heteroatoms. The topological polar surface area (TPSA) is 123 Å². The molecule has 0 saturated carbocycles. The zero-order valence-corrected chi connectivity index (χ0v) is 48.9. The van der Waals surface area contributed by atoms with Crippen LogP contribution in [-0.2, 0) is 21.0 Å². The van der Waals surface area contributed by atoms with Crippen LogP contribution in [0.4, 0.5) is 0 Å². The molecule has 0 unspecified atom stereocenters. The summed E-state index contributed by atoms with van der Waals surface area (Å²) in [5.41, 5.74) is 5.42. The molecule has 90 heavy (non-hydrogen) atoms. The van der Waals surface area contributed by atoms with Crippen molar-refractivity contribution in [2.24, 2.45) is 0 Å². The number of aromatic nitrogens is 8. The molecule has 0 saturated heterocycles. The molecule has 0 amide bonds. The van der Waals surface area contributed by atoms with Gasteiger partial charge in [-0.15, -0.1) is 0 Å². The third kappa shape index (κ3) is 6.81. The summed E-state index contributed by atoms with van der Waals surface area (Å²) in [6, 6.07) is 87.6. The van der Waals surface area contributed by atoms with Crippen LogP contribution in [0.1, 0.15) is 0 Å². The molecule has 21 rings (SSSR count). The maximum Gasteiger partial charge on any atom is 0.0928 e. The van der Waals surface area contributed by atoms with Crippen molar-refractivity contribution in [1.29, 1.82) is 0 Å². The Morgan fingerprint density at radius 3 is 0.489 bits per heavy atom. The van der Waals surface area contributed by atoms with E-state index in [1.807, 2.05) is 0 Å². The second kappa shape index (κ2) is 18.5. The molecule has 8 bridgehead atoms. The Kier molecular flexibility index (Phi) is 10.2. The van der Waals surface area contributed by atoms with Crippen LogP contribution in [0.25, 0.3) is 219 Å².